The van der Waals surface area contributed by atoms with Gasteiger partial charge in [-0.2, -0.15) is 0 Å². The number of amides is 3. The molecule has 0 heterocycles. The number of carbonyl (C=O) groups is 4. The molecule has 2 aromatic carbocycles. The maximum absolute atomic E-state index is 13.4. The van der Waals surface area contributed by atoms with Gasteiger partial charge in [0.1, 0.15) is 23.9 Å². The highest BCUT2D eigenvalue weighted by molar-refractivity contribution is 6.30. The molecule has 0 aliphatic rings. The lowest BCUT2D eigenvalue weighted by atomic mass is 10.0. The van der Waals surface area contributed by atoms with Gasteiger partial charge in [0.2, 0.25) is 17.7 Å². The molecule has 14 heteroatoms. The number of phenolic OH excluding ortho intramolecular Hbond substituents is 1. The molecule has 0 bridgehead atoms. The summed E-state index contributed by atoms with van der Waals surface area (Å²) in [6.07, 6.45) is 0.351. The maximum atomic E-state index is 13.4. The van der Waals surface area contributed by atoms with Crippen LogP contribution in [-0.4, -0.2) is 71.1 Å². The number of benzene rings is 2. The molecule has 2 aromatic rings. The fourth-order valence-electron chi connectivity index (χ4n) is 3.70. The molecule has 0 unspecified atom stereocenters. The quantitative estimate of drug-likeness (QED) is 0.0766. The van der Waals surface area contributed by atoms with Crippen molar-refractivity contribution in [2.45, 2.75) is 43.8 Å². The van der Waals surface area contributed by atoms with Crippen LogP contribution in [-0.2, 0) is 32.0 Å². The minimum absolute atomic E-state index is 0.00743. The minimum atomic E-state index is -1.28. The number of nitrogens with zero attached hydrogens (tertiary/aromatic N) is 1. The van der Waals surface area contributed by atoms with Gasteiger partial charge in [0, 0.05) is 24.4 Å². The second-order valence-electron chi connectivity index (χ2n) is 8.93. The summed E-state index contributed by atoms with van der Waals surface area (Å²) in [5, 5.41) is 27.3. The number of aliphatic imine (C=N–C) groups is 1. The number of nitrogens with one attached hydrogen (secondary N) is 3. The maximum Gasteiger partial charge on any atom is 0.326 e. The molecule has 0 saturated heterocycles. The minimum Gasteiger partial charge on any atom is -0.508 e. The van der Waals surface area contributed by atoms with Crippen molar-refractivity contribution in [2.24, 2.45) is 22.2 Å². The van der Waals surface area contributed by atoms with Crippen LogP contribution in [0.25, 0.3) is 0 Å². The van der Waals surface area contributed by atoms with Gasteiger partial charge in [-0.1, -0.05) is 35.9 Å². The third-order valence-electron chi connectivity index (χ3n) is 5.76. The topological polar surface area (TPSA) is 235 Å². The second-order valence-corrected chi connectivity index (χ2v) is 9.37. The Morgan fingerprint density at radius 1 is 0.825 bits per heavy atom. The van der Waals surface area contributed by atoms with Crippen LogP contribution in [0.3, 0.4) is 0 Å². The third-order valence-corrected chi connectivity index (χ3v) is 6.01. The third kappa shape index (κ3) is 11.2. The lowest BCUT2D eigenvalue weighted by Gasteiger charge is -2.25. The van der Waals surface area contributed by atoms with Gasteiger partial charge < -0.3 is 43.4 Å². The molecule has 0 radical (unpaired) electrons. The van der Waals surface area contributed by atoms with Gasteiger partial charge in [0.15, 0.2) is 5.96 Å². The number of hydrogen-bond acceptors (Lipinski definition) is 7. The van der Waals surface area contributed by atoms with Crippen LogP contribution in [0.4, 0.5) is 0 Å². The second kappa shape index (κ2) is 15.9. The van der Waals surface area contributed by atoms with Gasteiger partial charge in [-0.15, -0.1) is 0 Å². The normalized spacial score (nSPS) is 12.8. The zero-order valence-electron chi connectivity index (χ0n) is 21.7. The van der Waals surface area contributed by atoms with E-state index in [2.05, 4.69) is 20.9 Å². The standard InChI is InChI=1S/C26H34ClN7O6/c27-17-7-3-15(4-8-17)12-20(32-22(36)14-28)23(37)34-21(13-16-5-9-18(35)10-6-16)24(38)33-19(25(39)40)2-1-11-31-26(29)30/h3-10,19-21,35H,1-2,11-14,28H2,(H,32,36)(H,33,38)(H,34,37)(H,39,40)(H4,29,30,31)/t19-,20+,21+/m1/s1. The first-order chi connectivity index (χ1) is 19.0. The summed E-state index contributed by atoms with van der Waals surface area (Å²) in [4.78, 5) is 54.3. The highest BCUT2D eigenvalue weighted by Crippen LogP contribution is 2.14. The van der Waals surface area contributed by atoms with E-state index in [1.807, 2.05) is 0 Å². The van der Waals surface area contributed by atoms with Crippen LogP contribution >= 0.6 is 11.6 Å². The van der Waals surface area contributed by atoms with E-state index in [1.165, 1.54) is 12.1 Å². The summed E-state index contributed by atoms with van der Waals surface area (Å²) in [5.41, 5.74) is 17.3. The van der Waals surface area contributed by atoms with E-state index in [1.54, 1.807) is 36.4 Å². The van der Waals surface area contributed by atoms with Crippen molar-refractivity contribution in [1.29, 1.82) is 0 Å². The Bertz CT molecular complexity index is 1190. The Balaban J connectivity index is 2.26. The fourth-order valence-corrected chi connectivity index (χ4v) is 3.83. The summed E-state index contributed by atoms with van der Waals surface area (Å²) in [6.45, 7) is -0.190. The Morgan fingerprint density at radius 2 is 1.32 bits per heavy atom. The van der Waals surface area contributed by atoms with Gasteiger partial charge >= 0.3 is 5.97 Å². The number of phenols is 1. The number of carboxylic acids is 1. The van der Waals surface area contributed by atoms with Crippen LogP contribution in [0.5, 0.6) is 5.75 Å². The lowest BCUT2D eigenvalue weighted by molar-refractivity contribution is -0.142. The molecule has 0 spiro atoms. The summed E-state index contributed by atoms with van der Waals surface area (Å²) in [7, 11) is 0. The van der Waals surface area contributed by atoms with Crippen molar-refractivity contribution in [3.63, 3.8) is 0 Å². The zero-order valence-corrected chi connectivity index (χ0v) is 22.4. The molecule has 0 aliphatic heterocycles. The Morgan fingerprint density at radius 3 is 1.82 bits per heavy atom. The molecule has 2 rings (SSSR count). The van der Waals surface area contributed by atoms with Crippen LogP contribution in [0.15, 0.2) is 53.5 Å². The molecule has 3 amide bonds. The van der Waals surface area contributed by atoms with Gasteiger partial charge in [0.25, 0.3) is 0 Å². The molecule has 40 heavy (non-hydrogen) atoms. The van der Waals surface area contributed by atoms with E-state index in [0.717, 1.165) is 0 Å². The van der Waals surface area contributed by atoms with Crippen molar-refractivity contribution < 1.29 is 29.4 Å². The van der Waals surface area contributed by atoms with Crippen LogP contribution < -0.4 is 33.2 Å². The van der Waals surface area contributed by atoms with E-state index < -0.39 is 41.8 Å². The zero-order chi connectivity index (χ0) is 29.7. The monoisotopic (exact) mass is 575 g/mol. The number of halogens is 1. The van der Waals surface area contributed by atoms with Crippen LogP contribution in [0, 0.1) is 0 Å². The van der Waals surface area contributed by atoms with Crippen molar-refractivity contribution in [2.75, 3.05) is 13.1 Å². The molecule has 0 saturated carbocycles. The first-order valence-corrected chi connectivity index (χ1v) is 12.8. The molecule has 3 atom stereocenters. The molecule has 13 nitrogen and oxygen atoms in total. The average molecular weight is 576 g/mol. The smallest absolute Gasteiger partial charge is 0.326 e. The predicted molar refractivity (Wildman–Crippen MR) is 149 cm³/mol. The Kier molecular flexibility index (Phi) is 12.7. The molecular formula is C26H34ClN7O6. The molecule has 0 fully saturated rings. The number of aromatic hydroxyl groups is 1. The molecule has 216 valence electrons. The highest BCUT2D eigenvalue weighted by Gasteiger charge is 2.30. The van der Waals surface area contributed by atoms with Gasteiger partial charge in [-0.3, -0.25) is 19.4 Å². The number of aliphatic carboxylic acids is 1. The van der Waals surface area contributed by atoms with E-state index in [-0.39, 0.29) is 50.5 Å². The number of hydrogen-bond donors (Lipinski definition) is 8. The highest BCUT2D eigenvalue weighted by atomic mass is 35.5. The number of nitrogens with two attached hydrogens (primary N) is 3. The first kappa shape index (κ1) is 31.9. The predicted octanol–water partition coefficient (Wildman–Crippen LogP) is -0.618. The van der Waals surface area contributed by atoms with E-state index >= 15 is 0 Å². The van der Waals surface area contributed by atoms with E-state index in [0.29, 0.717) is 16.1 Å². The summed E-state index contributed by atoms with van der Waals surface area (Å²) < 4.78 is 0. The summed E-state index contributed by atoms with van der Waals surface area (Å²) in [5.74, 6) is -3.43. The number of rotatable bonds is 15. The summed E-state index contributed by atoms with van der Waals surface area (Å²) >= 11 is 5.94. The summed E-state index contributed by atoms with van der Waals surface area (Å²) in [6, 6.07) is 9.02. The molecule has 0 aliphatic carbocycles. The van der Waals surface area contributed by atoms with Gasteiger partial charge in [-0.05, 0) is 48.2 Å². The molecule has 11 N–H and O–H groups in total. The molecular weight excluding hydrogens is 542 g/mol. The van der Waals surface area contributed by atoms with Crippen molar-refractivity contribution in [3.8, 4) is 5.75 Å². The van der Waals surface area contributed by atoms with Gasteiger partial charge in [0.05, 0.1) is 6.54 Å². The number of carboxylic acid groups (broad SMARTS) is 1. The largest absolute Gasteiger partial charge is 0.508 e. The average Bonchev–Trinajstić information content (AvgIpc) is 2.91. The first-order valence-electron chi connectivity index (χ1n) is 12.4. The van der Waals surface area contributed by atoms with Crippen LogP contribution in [0.2, 0.25) is 5.02 Å². The van der Waals surface area contributed by atoms with Crippen molar-refractivity contribution in [3.05, 3.63) is 64.7 Å². The lowest BCUT2D eigenvalue weighted by Crippen LogP contribution is -2.57. The molecule has 0 aromatic heterocycles. The SMILES string of the molecule is NCC(=O)N[C@@H](Cc1ccc(Cl)cc1)C(=O)N[C@@H](Cc1ccc(O)cc1)C(=O)N[C@H](CCCN=C(N)N)C(=O)O. The van der Waals surface area contributed by atoms with E-state index in [4.69, 9.17) is 28.8 Å². The number of carbonyl (C=O) groups excluding carboxylic acids is 3. The van der Waals surface area contributed by atoms with Gasteiger partial charge in [-0.25, -0.2) is 4.79 Å². The number of guanidine groups is 1. The Labute approximate surface area is 236 Å². The Hall–Kier alpha value is -4.36. The van der Waals surface area contributed by atoms with Crippen molar-refractivity contribution >= 4 is 41.3 Å². The fraction of sp³-hybridized carbons (Fsp3) is 0.346. The van der Waals surface area contributed by atoms with Crippen molar-refractivity contribution in [1.82, 2.24) is 16.0 Å². The van der Waals surface area contributed by atoms with Crippen LogP contribution in [0.1, 0.15) is 24.0 Å². The van der Waals surface area contributed by atoms with E-state index in [9.17, 15) is 29.4 Å².